The van der Waals surface area contributed by atoms with Gasteiger partial charge in [-0.2, -0.15) is 0 Å². The molecular weight excluding hydrogens is 300 g/mol. The average molecular weight is 322 g/mol. The molecule has 1 aliphatic heterocycles. The van der Waals surface area contributed by atoms with Gasteiger partial charge in [0, 0.05) is 42.7 Å². The molecule has 2 fully saturated rings. The number of nitrogens with zero attached hydrogens (tertiary/aromatic N) is 3. The summed E-state index contributed by atoms with van der Waals surface area (Å²) in [5, 5.41) is 3.00. The van der Waals surface area contributed by atoms with Crippen LogP contribution in [0.1, 0.15) is 42.5 Å². The maximum absolute atomic E-state index is 12.0. The van der Waals surface area contributed by atoms with E-state index in [2.05, 4.69) is 20.2 Å². The number of aromatic nitrogens is 2. The third-order valence-corrected chi connectivity index (χ3v) is 4.67. The summed E-state index contributed by atoms with van der Waals surface area (Å²) in [6.07, 6.45) is 9.68. The molecule has 2 aliphatic rings. The second-order valence-corrected chi connectivity index (χ2v) is 6.64. The molecule has 1 saturated carbocycles. The number of hydrogen-bond donors (Lipinski definition) is 1. The Bertz CT molecular complexity index is 701. The number of benzene rings is 1. The minimum absolute atomic E-state index is 0.0146. The van der Waals surface area contributed by atoms with Crippen molar-refractivity contribution < 1.29 is 4.79 Å². The zero-order chi connectivity index (χ0) is 16.4. The van der Waals surface area contributed by atoms with Crippen molar-refractivity contribution in [3.05, 3.63) is 42.2 Å². The summed E-state index contributed by atoms with van der Waals surface area (Å²) in [5.74, 6) is 0.833. The van der Waals surface area contributed by atoms with Gasteiger partial charge in [0.05, 0.1) is 0 Å². The van der Waals surface area contributed by atoms with Gasteiger partial charge in [-0.1, -0.05) is 12.1 Å². The molecule has 0 radical (unpaired) electrons. The number of anilines is 1. The van der Waals surface area contributed by atoms with E-state index in [1.165, 1.54) is 19.3 Å². The fraction of sp³-hybridized carbons (Fsp3) is 0.421. The summed E-state index contributed by atoms with van der Waals surface area (Å²) in [4.78, 5) is 23.3. The van der Waals surface area contributed by atoms with Crippen LogP contribution < -0.4 is 10.2 Å². The first kappa shape index (κ1) is 15.1. The maximum Gasteiger partial charge on any atom is 0.251 e. The van der Waals surface area contributed by atoms with Gasteiger partial charge in [-0.15, -0.1) is 0 Å². The molecule has 1 amide bonds. The van der Waals surface area contributed by atoms with Crippen LogP contribution in [0.4, 0.5) is 5.95 Å². The van der Waals surface area contributed by atoms with Gasteiger partial charge in [0.1, 0.15) is 0 Å². The van der Waals surface area contributed by atoms with Crippen molar-refractivity contribution in [2.45, 2.75) is 38.1 Å². The Morgan fingerprint density at radius 3 is 2.25 bits per heavy atom. The Kier molecular flexibility index (Phi) is 4.15. The van der Waals surface area contributed by atoms with E-state index in [1.54, 1.807) is 0 Å². The van der Waals surface area contributed by atoms with E-state index in [-0.39, 0.29) is 5.91 Å². The van der Waals surface area contributed by atoms with Crippen molar-refractivity contribution in [3.8, 4) is 11.1 Å². The number of carbonyl (C=O) groups excluding carboxylic acids is 1. The van der Waals surface area contributed by atoms with E-state index in [4.69, 9.17) is 0 Å². The molecule has 2 heterocycles. The van der Waals surface area contributed by atoms with Crippen molar-refractivity contribution in [2.24, 2.45) is 0 Å². The van der Waals surface area contributed by atoms with Crippen LogP contribution in [0.25, 0.3) is 11.1 Å². The summed E-state index contributed by atoms with van der Waals surface area (Å²) < 4.78 is 0. The van der Waals surface area contributed by atoms with Crippen LogP contribution in [-0.2, 0) is 0 Å². The second-order valence-electron chi connectivity index (χ2n) is 6.64. The molecule has 5 heteroatoms. The largest absolute Gasteiger partial charge is 0.349 e. The van der Waals surface area contributed by atoms with Gasteiger partial charge >= 0.3 is 0 Å². The highest BCUT2D eigenvalue weighted by atomic mass is 16.1. The molecule has 124 valence electrons. The Balaban J connectivity index is 1.45. The normalized spacial score (nSPS) is 17.6. The monoisotopic (exact) mass is 322 g/mol. The van der Waals surface area contributed by atoms with Gasteiger partial charge in [0.15, 0.2) is 0 Å². The smallest absolute Gasteiger partial charge is 0.251 e. The molecule has 24 heavy (non-hydrogen) atoms. The summed E-state index contributed by atoms with van der Waals surface area (Å²) in [7, 11) is 0. The van der Waals surface area contributed by atoms with Gasteiger partial charge in [0.25, 0.3) is 5.91 Å². The lowest BCUT2D eigenvalue weighted by Crippen LogP contribution is -2.30. The van der Waals surface area contributed by atoms with Gasteiger partial charge in [-0.05, 0) is 49.8 Å². The lowest BCUT2D eigenvalue weighted by Gasteiger charge is -2.26. The minimum Gasteiger partial charge on any atom is -0.349 e. The molecule has 1 aromatic carbocycles. The van der Waals surface area contributed by atoms with E-state index in [9.17, 15) is 4.79 Å². The third-order valence-electron chi connectivity index (χ3n) is 4.67. The first-order valence-corrected chi connectivity index (χ1v) is 8.78. The fourth-order valence-corrected chi connectivity index (χ4v) is 3.04. The molecule has 1 aliphatic carbocycles. The Labute approximate surface area is 142 Å². The van der Waals surface area contributed by atoms with E-state index in [0.29, 0.717) is 11.6 Å². The number of amides is 1. The summed E-state index contributed by atoms with van der Waals surface area (Å²) in [6.45, 7) is 2.09. The molecule has 1 N–H and O–H groups in total. The first-order chi connectivity index (χ1) is 11.8. The van der Waals surface area contributed by atoms with Crippen LogP contribution in [0.5, 0.6) is 0 Å². The number of nitrogens with one attached hydrogen (secondary N) is 1. The fourth-order valence-electron chi connectivity index (χ4n) is 3.04. The molecule has 0 spiro atoms. The van der Waals surface area contributed by atoms with E-state index < -0.39 is 0 Å². The quantitative estimate of drug-likeness (QED) is 0.940. The van der Waals surface area contributed by atoms with Gasteiger partial charge in [-0.3, -0.25) is 4.79 Å². The summed E-state index contributed by atoms with van der Waals surface area (Å²) in [6, 6.07) is 8.03. The van der Waals surface area contributed by atoms with E-state index in [0.717, 1.165) is 43.0 Å². The highest BCUT2D eigenvalue weighted by Gasteiger charge is 2.23. The zero-order valence-corrected chi connectivity index (χ0v) is 13.7. The Morgan fingerprint density at radius 2 is 1.62 bits per heavy atom. The lowest BCUT2D eigenvalue weighted by molar-refractivity contribution is 0.0951. The topological polar surface area (TPSA) is 58.1 Å². The molecule has 1 aromatic heterocycles. The van der Waals surface area contributed by atoms with Crippen molar-refractivity contribution in [1.29, 1.82) is 0 Å². The highest BCUT2D eigenvalue weighted by Crippen LogP contribution is 2.22. The number of carbonyl (C=O) groups is 1. The van der Waals surface area contributed by atoms with Gasteiger partial charge in [0.2, 0.25) is 5.95 Å². The molecule has 0 unspecified atom stereocenters. The average Bonchev–Trinajstić information content (AvgIpc) is 3.47. The van der Waals surface area contributed by atoms with Gasteiger partial charge < -0.3 is 10.2 Å². The van der Waals surface area contributed by atoms with Crippen molar-refractivity contribution >= 4 is 11.9 Å². The molecular formula is C19H22N4O. The van der Waals surface area contributed by atoms with Crippen LogP contribution >= 0.6 is 0 Å². The number of piperidine rings is 1. The van der Waals surface area contributed by atoms with Crippen molar-refractivity contribution in [3.63, 3.8) is 0 Å². The molecule has 5 nitrogen and oxygen atoms in total. The maximum atomic E-state index is 12.0. The summed E-state index contributed by atoms with van der Waals surface area (Å²) >= 11 is 0. The third kappa shape index (κ3) is 3.40. The minimum atomic E-state index is 0.0146. The molecule has 0 atom stereocenters. The lowest BCUT2D eigenvalue weighted by atomic mass is 10.1. The van der Waals surface area contributed by atoms with Gasteiger partial charge in [-0.25, -0.2) is 9.97 Å². The SMILES string of the molecule is O=C(NC1CC1)c1ccc(-c2cnc(N3CCCCC3)nc2)cc1. The van der Waals surface area contributed by atoms with Crippen molar-refractivity contribution in [2.75, 3.05) is 18.0 Å². The Hall–Kier alpha value is -2.43. The first-order valence-electron chi connectivity index (χ1n) is 8.78. The molecule has 0 bridgehead atoms. The number of rotatable bonds is 4. The van der Waals surface area contributed by atoms with Crippen LogP contribution in [0.2, 0.25) is 0 Å². The predicted molar refractivity (Wildman–Crippen MR) is 94.0 cm³/mol. The van der Waals surface area contributed by atoms with Crippen molar-refractivity contribution in [1.82, 2.24) is 15.3 Å². The number of hydrogen-bond acceptors (Lipinski definition) is 4. The van der Waals surface area contributed by atoms with Crippen LogP contribution in [0.3, 0.4) is 0 Å². The standard InChI is InChI=1S/C19H22N4O/c24-18(22-17-8-9-17)15-6-4-14(5-7-15)16-12-20-19(21-13-16)23-10-2-1-3-11-23/h4-7,12-13,17H,1-3,8-11H2,(H,22,24). The predicted octanol–water partition coefficient (Wildman–Crippen LogP) is 3.03. The second kappa shape index (κ2) is 6.59. The molecule has 4 rings (SSSR count). The van der Waals surface area contributed by atoms with E-state index >= 15 is 0 Å². The van der Waals surface area contributed by atoms with Crippen LogP contribution in [-0.4, -0.2) is 35.0 Å². The Morgan fingerprint density at radius 1 is 0.958 bits per heavy atom. The zero-order valence-electron chi connectivity index (χ0n) is 13.7. The molecule has 2 aromatic rings. The summed E-state index contributed by atoms with van der Waals surface area (Å²) in [5.41, 5.74) is 2.71. The molecule has 1 saturated heterocycles. The van der Waals surface area contributed by atoms with Crippen LogP contribution in [0.15, 0.2) is 36.7 Å². The highest BCUT2D eigenvalue weighted by molar-refractivity contribution is 5.95. The van der Waals surface area contributed by atoms with Crippen LogP contribution in [0, 0.1) is 0 Å². The van der Waals surface area contributed by atoms with E-state index in [1.807, 2.05) is 36.7 Å².